The van der Waals surface area contributed by atoms with Gasteiger partial charge in [-0.1, -0.05) is 58.9 Å². The summed E-state index contributed by atoms with van der Waals surface area (Å²) in [6, 6.07) is 8.72. The Morgan fingerprint density at radius 3 is 1.90 bits per heavy atom. The van der Waals surface area contributed by atoms with Crippen molar-refractivity contribution in [3.63, 3.8) is 0 Å². The molecule has 0 bridgehead atoms. The molecule has 0 spiro atoms. The minimum atomic E-state index is -0.0696. The average molecular weight is 313 g/mol. The molecular weight excluding hydrogens is 284 g/mol. The van der Waals surface area contributed by atoms with Gasteiger partial charge in [-0.2, -0.15) is 0 Å². The lowest BCUT2D eigenvalue weighted by molar-refractivity contribution is -0.120. The zero-order valence-electron chi connectivity index (χ0n) is 14.0. The number of carbonyl (C=O) groups is 1. The predicted octanol–water partition coefficient (Wildman–Crippen LogP) is 3.02. The van der Waals surface area contributed by atoms with Crippen LogP contribution in [0.5, 0.6) is 0 Å². The van der Waals surface area contributed by atoms with E-state index in [0.717, 1.165) is 0 Å². The molecule has 0 unspecified atom stereocenters. The fraction of sp³-hybridized carbons (Fsp3) is 0.588. The van der Waals surface area contributed by atoms with E-state index in [1.807, 2.05) is 0 Å². The maximum Gasteiger partial charge on any atom is 0.233 e. The topological polar surface area (TPSA) is 41.1 Å². The molecule has 0 heterocycles. The summed E-state index contributed by atoms with van der Waals surface area (Å²) >= 11 is 0. The van der Waals surface area contributed by atoms with Crippen LogP contribution in [0.1, 0.15) is 45.7 Å². The van der Waals surface area contributed by atoms with Crippen molar-refractivity contribution in [3.05, 3.63) is 35.4 Å². The zero-order chi connectivity index (χ0) is 15.4. The highest BCUT2D eigenvalue weighted by atomic mass is 35.5. The second-order valence-electron chi connectivity index (χ2n) is 7.02. The third kappa shape index (κ3) is 6.06. The number of carbonyl (C=O) groups excluding carboxylic acids is 1. The number of hydrogen-bond donors (Lipinski definition) is 2. The normalized spacial score (nSPS) is 11.7. The highest BCUT2D eigenvalue weighted by molar-refractivity contribution is 5.85. The number of likely N-dealkylation sites (N-methyl/N-ethyl adjacent to an activating group) is 1. The van der Waals surface area contributed by atoms with E-state index >= 15 is 0 Å². The molecule has 0 saturated heterocycles. The Kier molecular flexibility index (Phi) is 7.41. The third-order valence-corrected chi connectivity index (χ3v) is 3.60. The number of benzene rings is 1. The van der Waals surface area contributed by atoms with Crippen LogP contribution in [-0.2, 0) is 15.6 Å². The van der Waals surface area contributed by atoms with Crippen LogP contribution in [0.25, 0.3) is 0 Å². The first-order valence-electron chi connectivity index (χ1n) is 7.19. The molecule has 21 heavy (non-hydrogen) atoms. The van der Waals surface area contributed by atoms with Crippen LogP contribution in [0.3, 0.4) is 0 Å². The lowest BCUT2D eigenvalue weighted by atomic mass is 9.81. The molecule has 0 radical (unpaired) electrons. The van der Waals surface area contributed by atoms with Gasteiger partial charge in [0.1, 0.15) is 0 Å². The summed E-state index contributed by atoms with van der Waals surface area (Å²) in [7, 11) is 1.77. The first-order chi connectivity index (χ1) is 9.16. The van der Waals surface area contributed by atoms with Crippen molar-refractivity contribution in [3.8, 4) is 0 Å². The van der Waals surface area contributed by atoms with Crippen LogP contribution < -0.4 is 10.6 Å². The van der Waals surface area contributed by atoms with Gasteiger partial charge in [-0.15, -0.1) is 12.4 Å². The molecule has 0 aliphatic rings. The molecule has 1 aromatic rings. The Balaban J connectivity index is 0.00000400. The first kappa shape index (κ1) is 19.9. The maximum atomic E-state index is 11.5. The van der Waals surface area contributed by atoms with Crippen LogP contribution in [0.2, 0.25) is 0 Å². The van der Waals surface area contributed by atoms with E-state index in [9.17, 15) is 4.79 Å². The highest BCUT2D eigenvalue weighted by Gasteiger charge is 2.22. The van der Waals surface area contributed by atoms with E-state index in [4.69, 9.17) is 0 Å². The van der Waals surface area contributed by atoms with Crippen LogP contribution >= 0.6 is 12.4 Å². The maximum absolute atomic E-state index is 11.5. The first-order valence-corrected chi connectivity index (χ1v) is 7.19. The summed E-state index contributed by atoms with van der Waals surface area (Å²) in [5, 5.41) is 5.82. The Morgan fingerprint density at radius 1 is 1.00 bits per heavy atom. The molecular formula is C17H29ClN2O. The van der Waals surface area contributed by atoms with Gasteiger partial charge >= 0.3 is 0 Å². The van der Waals surface area contributed by atoms with Crippen LogP contribution in [0.15, 0.2) is 24.3 Å². The van der Waals surface area contributed by atoms with Crippen molar-refractivity contribution in [2.75, 3.05) is 20.1 Å². The fourth-order valence-electron chi connectivity index (χ4n) is 2.07. The van der Waals surface area contributed by atoms with E-state index in [1.165, 1.54) is 11.1 Å². The van der Waals surface area contributed by atoms with Crippen molar-refractivity contribution in [2.45, 2.75) is 45.4 Å². The summed E-state index contributed by atoms with van der Waals surface area (Å²) < 4.78 is 0. The molecule has 120 valence electrons. The predicted molar refractivity (Wildman–Crippen MR) is 92.4 cm³/mol. The Morgan fingerprint density at radius 2 is 1.48 bits per heavy atom. The number of rotatable bonds is 5. The van der Waals surface area contributed by atoms with E-state index in [2.05, 4.69) is 69.5 Å². The molecule has 1 aromatic carbocycles. The van der Waals surface area contributed by atoms with Crippen molar-refractivity contribution in [1.82, 2.24) is 10.6 Å². The van der Waals surface area contributed by atoms with Gasteiger partial charge in [-0.25, -0.2) is 0 Å². The molecule has 0 fully saturated rings. The van der Waals surface area contributed by atoms with Crippen molar-refractivity contribution in [2.24, 2.45) is 0 Å². The van der Waals surface area contributed by atoms with Crippen molar-refractivity contribution >= 4 is 18.3 Å². The number of nitrogens with one attached hydrogen (secondary N) is 2. The minimum absolute atomic E-state index is 0. The van der Waals surface area contributed by atoms with E-state index in [-0.39, 0.29) is 29.1 Å². The molecule has 0 aromatic heterocycles. The average Bonchev–Trinajstić information content (AvgIpc) is 2.36. The summed E-state index contributed by atoms with van der Waals surface area (Å²) in [5.41, 5.74) is 2.68. The molecule has 1 amide bonds. The number of hydrogen-bond acceptors (Lipinski definition) is 2. The summed E-state index contributed by atoms with van der Waals surface area (Å²) in [6.45, 7) is 11.9. The zero-order valence-corrected chi connectivity index (χ0v) is 14.9. The standard InChI is InChI=1S/C17H28N2O.ClH/c1-16(2,3)13-7-9-14(10-8-13)17(4,5)12-19-15(20)11-18-6;/h7-10,18H,11-12H2,1-6H3,(H,19,20);1H. The van der Waals surface area contributed by atoms with Gasteiger partial charge < -0.3 is 10.6 Å². The van der Waals surface area contributed by atoms with Crippen molar-refractivity contribution in [1.29, 1.82) is 0 Å². The van der Waals surface area contributed by atoms with Gasteiger partial charge in [-0.3, -0.25) is 4.79 Å². The van der Waals surface area contributed by atoms with Crippen LogP contribution in [0, 0.1) is 0 Å². The Labute approximate surface area is 135 Å². The van der Waals surface area contributed by atoms with Gasteiger partial charge in [0, 0.05) is 12.0 Å². The smallest absolute Gasteiger partial charge is 0.233 e. The molecule has 3 nitrogen and oxygen atoms in total. The van der Waals surface area contributed by atoms with Gasteiger partial charge in [0.15, 0.2) is 0 Å². The number of amides is 1. The summed E-state index contributed by atoms with van der Waals surface area (Å²) in [4.78, 5) is 11.5. The van der Waals surface area contributed by atoms with Gasteiger partial charge in [-0.05, 0) is 23.6 Å². The van der Waals surface area contributed by atoms with Crippen LogP contribution in [-0.4, -0.2) is 26.0 Å². The third-order valence-electron chi connectivity index (χ3n) is 3.60. The molecule has 2 N–H and O–H groups in total. The molecule has 0 atom stereocenters. The Hall–Kier alpha value is -1.06. The van der Waals surface area contributed by atoms with Crippen LogP contribution in [0.4, 0.5) is 0 Å². The molecule has 4 heteroatoms. The fourth-order valence-corrected chi connectivity index (χ4v) is 2.07. The van der Waals surface area contributed by atoms with E-state index < -0.39 is 0 Å². The molecule has 0 aliphatic carbocycles. The van der Waals surface area contributed by atoms with Gasteiger partial charge in [0.25, 0.3) is 0 Å². The minimum Gasteiger partial charge on any atom is -0.354 e. The van der Waals surface area contributed by atoms with Gasteiger partial charge in [0.2, 0.25) is 5.91 Å². The lowest BCUT2D eigenvalue weighted by Crippen LogP contribution is -2.40. The highest BCUT2D eigenvalue weighted by Crippen LogP contribution is 2.27. The van der Waals surface area contributed by atoms with Crippen molar-refractivity contribution < 1.29 is 4.79 Å². The summed E-state index contributed by atoms with van der Waals surface area (Å²) in [6.07, 6.45) is 0. The van der Waals surface area contributed by atoms with E-state index in [1.54, 1.807) is 7.05 Å². The number of halogens is 1. The lowest BCUT2D eigenvalue weighted by Gasteiger charge is -2.27. The quantitative estimate of drug-likeness (QED) is 0.877. The van der Waals surface area contributed by atoms with Gasteiger partial charge in [0.05, 0.1) is 6.54 Å². The summed E-state index contributed by atoms with van der Waals surface area (Å²) in [5.74, 6) is 0.0342. The molecule has 1 rings (SSSR count). The SMILES string of the molecule is CNCC(=O)NCC(C)(C)c1ccc(C(C)(C)C)cc1.Cl. The van der Waals surface area contributed by atoms with E-state index in [0.29, 0.717) is 13.1 Å². The second kappa shape index (κ2) is 7.81. The monoisotopic (exact) mass is 312 g/mol. The Bertz CT molecular complexity index is 447. The largest absolute Gasteiger partial charge is 0.354 e. The molecule has 0 aliphatic heterocycles. The molecule has 0 saturated carbocycles. The second-order valence-corrected chi connectivity index (χ2v) is 7.02.